The van der Waals surface area contributed by atoms with Crippen molar-refractivity contribution < 1.29 is 0 Å². The number of para-hydroxylation sites is 2. The van der Waals surface area contributed by atoms with Crippen LogP contribution >= 0.6 is 11.8 Å². The molecule has 0 N–H and O–H groups in total. The van der Waals surface area contributed by atoms with Crippen LogP contribution in [0.5, 0.6) is 0 Å². The third kappa shape index (κ3) is 2.69. The second-order valence-electron chi connectivity index (χ2n) is 4.41. The molecule has 2 nitrogen and oxygen atoms in total. The lowest BCUT2D eigenvalue weighted by atomic mass is 10.3. The highest BCUT2D eigenvalue weighted by molar-refractivity contribution is 8.00. The molecule has 78 valence electrons. The van der Waals surface area contributed by atoms with Crippen LogP contribution in [-0.2, 0) is 0 Å². The van der Waals surface area contributed by atoms with Crippen molar-refractivity contribution >= 4 is 22.8 Å². The number of rotatable bonds is 1. The maximum absolute atomic E-state index is 4.56. The molecule has 0 aliphatic carbocycles. The molecule has 0 spiro atoms. The zero-order valence-electron chi connectivity index (χ0n) is 9.19. The molecule has 2 aromatic rings. The maximum Gasteiger partial charge on any atom is 0.116 e. The Morgan fingerprint density at radius 1 is 1.07 bits per heavy atom. The van der Waals surface area contributed by atoms with Gasteiger partial charge in [-0.3, -0.25) is 4.98 Å². The molecule has 0 bridgehead atoms. The van der Waals surface area contributed by atoms with Gasteiger partial charge >= 0.3 is 0 Å². The van der Waals surface area contributed by atoms with Crippen LogP contribution in [0.4, 0.5) is 0 Å². The van der Waals surface area contributed by atoms with Crippen molar-refractivity contribution in [2.24, 2.45) is 0 Å². The predicted octanol–water partition coefficient (Wildman–Crippen LogP) is 3.52. The van der Waals surface area contributed by atoms with Crippen LogP contribution in [0.15, 0.2) is 35.5 Å². The highest BCUT2D eigenvalue weighted by atomic mass is 32.2. The van der Waals surface area contributed by atoms with Gasteiger partial charge in [0.25, 0.3) is 0 Å². The van der Waals surface area contributed by atoms with Crippen molar-refractivity contribution in [1.29, 1.82) is 0 Å². The van der Waals surface area contributed by atoms with Gasteiger partial charge in [0, 0.05) is 4.75 Å². The van der Waals surface area contributed by atoms with E-state index in [0.29, 0.717) is 0 Å². The molecule has 15 heavy (non-hydrogen) atoms. The first-order valence-corrected chi connectivity index (χ1v) is 5.77. The molecule has 1 aromatic carbocycles. The highest BCUT2D eigenvalue weighted by Gasteiger charge is 2.13. The fraction of sp³-hybridized carbons (Fsp3) is 0.333. The molecule has 3 heteroatoms. The lowest BCUT2D eigenvalue weighted by Gasteiger charge is -2.16. The summed E-state index contributed by atoms with van der Waals surface area (Å²) in [5.41, 5.74) is 1.92. The predicted molar refractivity (Wildman–Crippen MR) is 65.1 cm³/mol. The first-order valence-electron chi connectivity index (χ1n) is 4.95. The minimum atomic E-state index is 0.178. The van der Waals surface area contributed by atoms with Crippen molar-refractivity contribution in [2.75, 3.05) is 0 Å². The van der Waals surface area contributed by atoms with E-state index in [1.54, 1.807) is 11.8 Å². The van der Waals surface area contributed by atoms with Crippen molar-refractivity contribution in [3.63, 3.8) is 0 Å². The molecule has 0 aliphatic rings. The van der Waals surface area contributed by atoms with Gasteiger partial charge in [0.1, 0.15) is 5.03 Å². The Labute approximate surface area is 94.1 Å². The van der Waals surface area contributed by atoms with Crippen molar-refractivity contribution in [3.8, 4) is 0 Å². The highest BCUT2D eigenvalue weighted by Crippen LogP contribution is 2.30. The van der Waals surface area contributed by atoms with Crippen LogP contribution in [0, 0.1) is 0 Å². The standard InChI is InChI=1S/C12H14N2S/c1-12(2,3)15-11-8-13-9-6-4-5-7-10(9)14-11/h4-8H,1-3H3. The molecule has 0 unspecified atom stereocenters. The molecule has 0 amide bonds. The van der Waals surface area contributed by atoms with E-state index in [2.05, 4.69) is 30.7 Å². The monoisotopic (exact) mass is 218 g/mol. The average molecular weight is 218 g/mol. The minimum Gasteiger partial charge on any atom is -0.252 e. The second kappa shape index (κ2) is 3.81. The maximum atomic E-state index is 4.56. The van der Waals surface area contributed by atoms with E-state index < -0.39 is 0 Å². The van der Waals surface area contributed by atoms with Gasteiger partial charge < -0.3 is 0 Å². The summed E-state index contributed by atoms with van der Waals surface area (Å²) in [6, 6.07) is 7.94. The van der Waals surface area contributed by atoms with Gasteiger partial charge in [-0.15, -0.1) is 0 Å². The lowest BCUT2D eigenvalue weighted by Crippen LogP contribution is -2.07. The number of hydrogen-bond acceptors (Lipinski definition) is 3. The summed E-state index contributed by atoms with van der Waals surface area (Å²) in [6.45, 7) is 6.53. The molecule has 2 rings (SSSR count). The van der Waals surface area contributed by atoms with Crippen LogP contribution in [0.3, 0.4) is 0 Å². The van der Waals surface area contributed by atoms with Gasteiger partial charge in [-0.05, 0) is 12.1 Å². The first-order chi connectivity index (χ1) is 7.04. The molecular formula is C12H14N2S. The first kappa shape index (κ1) is 10.4. The minimum absolute atomic E-state index is 0.178. The van der Waals surface area contributed by atoms with Gasteiger partial charge in [0.2, 0.25) is 0 Å². The van der Waals surface area contributed by atoms with Gasteiger partial charge in [-0.1, -0.05) is 44.7 Å². The smallest absolute Gasteiger partial charge is 0.116 e. The fourth-order valence-corrected chi connectivity index (χ4v) is 2.18. The normalized spacial score (nSPS) is 11.9. The largest absolute Gasteiger partial charge is 0.252 e. The Morgan fingerprint density at radius 3 is 2.40 bits per heavy atom. The SMILES string of the molecule is CC(C)(C)Sc1cnc2ccccc2n1. The summed E-state index contributed by atoms with van der Waals surface area (Å²) in [4.78, 5) is 8.94. The summed E-state index contributed by atoms with van der Waals surface area (Å²) in [5.74, 6) is 0. The Balaban J connectivity index is 2.39. The van der Waals surface area contributed by atoms with E-state index in [9.17, 15) is 0 Å². The number of thioether (sulfide) groups is 1. The molecule has 1 heterocycles. The Kier molecular flexibility index (Phi) is 2.65. The van der Waals surface area contributed by atoms with E-state index in [1.807, 2.05) is 30.5 Å². The fourth-order valence-electron chi connectivity index (χ4n) is 1.30. The number of benzene rings is 1. The van der Waals surface area contributed by atoms with E-state index >= 15 is 0 Å². The molecular weight excluding hydrogens is 204 g/mol. The van der Waals surface area contributed by atoms with Gasteiger partial charge in [0.05, 0.1) is 17.2 Å². The van der Waals surface area contributed by atoms with E-state index in [4.69, 9.17) is 0 Å². The summed E-state index contributed by atoms with van der Waals surface area (Å²) in [5, 5.41) is 0.987. The van der Waals surface area contributed by atoms with Crippen molar-refractivity contribution in [2.45, 2.75) is 30.5 Å². The quantitative estimate of drug-likeness (QED) is 0.685. The van der Waals surface area contributed by atoms with Crippen molar-refractivity contribution in [1.82, 2.24) is 9.97 Å². The molecule has 0 fully saturated rings. The molecule has 1 aromatic heterocycles. The van der Waals surface area contributed by atoms with E-state index in [-0.39, 0.29) is 4.75 Å². The second-order valence-corrected chi connectivity index (χ2v) is 6.26. The topological polar surface area (TPSA) is 25.8 Å². The summed E-state index contributed by atoms with van der Waals surface area (Å²) >= 11 is 1.74. The number of hydrogen-bond donors (Lipinski definition) is 0. The van der Waals surface area contributed by atoms with Crippen LogP contribution in [0.1, 0.15) is 20.8 Å². The van der Waals surface area contributed by atoms with E-state index in [1.165, 1.54) is 0 Å². The van der Waals surface area contributed by atoms with E-state index in [0.717, 1.165) is 16.1 Å². The number of aromatic nitrogens is 2. The number of nitrogens with zero attached hydrogens (tertiary/aromatic N) is 2. The van der Waals surface area contributed by atoms with Gasteiger partial charge in [-0.25, -0.2) is 4.98 Å². The number of fused-ring (bicyclic) bond motifs is 1. The van der Waals surface area contributed by atoms with Gasteiger partial charge in [0.15, 0.2) is 0 Å². The Bertz CT molecular complexity index is 474. The van der Waals surface area contributed by atoms with Crippen LogP contribution in [0.2, 0.25) is 0 Å². The Hall–Kier alpha value is -1.09. The molecule has 0 saturated heterocycles. The van der Waals surface area contributed by atoms with Gasteiger partial charge in [-0.2, -0.15) is 0 Å². The van der Waals surface area contributed by atoms with Crippen LogP contribution in [0.25, 0.3) is 11.0 Å². The average Bonchev–Trinajstić information content (AvgIpc) is 2.15. The van der Waals surface area contributed by atoms with Crippen molar-refractivity contribution in [3.05, 3.63) is 30.5 Å². The summed E-state index contributed by atoms with van der Waals surface area (Å²) in [7, 11) is 0. The summed E-state index contributed by atoms with van der Waals surface area (Å²) in [6.07, 6.45) is 1.85. The lowest BCUT2D eigenvalue weighted by molar-refractivity contribution is 0.799. The zero-order valence-corrected chi connectivity index (χ0v) is 10.0. The molecule has 0 atom stereocenters. The molecule has 0 radical (unpaired) electrons. The third-order valence-electron chi connectivity index (χ3n) is 1.84. The molecule has 0 aliphatic heterocycles. The molecule has 0 saturated carbocycles. The van der Waals surface area contributed by atoms with Crippen LogP contribution < -0.4 is 0 Å². The Morgan fingerprint density at radius 2 is 1.73 bits per heavy atom. The zero-order chi connectivity index (χ0) is 10.9. The van der Waals surface area contributed by atoms with Crippen LogP contribution in [-0.4, -0.2) is 14.7 Å². The summed E-state index contributed by atoms with van der Waals surface area (Å²) < 4.78 is 0.178. The third-order valence-corrected chi connectivity index (χ3v) is 2.86.